The first-order valence-electron chi connectivity index (χ1n) is 13.2. The Morgan fingerprint density at radius 3 is 2.30 bits per heavy atom. The Kier molecular flexibility index (Phi) is 10.3. The van der Waals surface area contributed by atoms with Crippen LogP contribution >= 0.6 is 0 Å². The number of hydrogen-bond donors (Lipinski definition) is 4. The Bertz CT molecular complexity index is 1810. The van der Waals surface area contributed by atoms with Crippen molar-refractivity contribution in [1.29, 1.82) is 0 Å². The number of hydrazone groups is 2. The number of unbranched alkanes of at least 4 members (excludes halogenated alkanes) is 2. The number of rotatable bonds is 10. The molecule has 43 heavy (non-hydrogen) atoms. The number of carbonyl (C=O) groups is 2. The summed E-state index contributed by atoms with van der Waals surface area (Å²) in [6, 6.07) is 13.2. The van der Waals surface area contributed by atoms with E-state index in [1.807, 2.05) is 0 Å². The lowest BCUT2D eigenvalue weighted by atomic mass is 9.79. The molecule has 0 saturated carbocycles. The molecule has 2 aromatic heterocycles. The molecule has 4 rings (SSSR count). The van der Waals surface area contributed by atoms with E-state index in [4.69, 9.17) is 13.6 Å². The number of amides is 2. The van der Waals surface area contributed by atoms with E-state index in [1.165, 1.54) is 49.9 Å². The van der Waals surface area contributed by atoms with Gasteiger partial charge in [0.2, 0.25) is 0 Å². The number of nitrogens with zero attached hydrogens (tertiary/aromatic N) is 2. The number of furan rings is 1. The Balaban J connectivity index is 1.43. The van der Waals surface area contributed by atoms with E-state index in [0.717, 1.165) is 25.3 Å². The maximum atomic E-state index is 12.6. The fraction of sp³-hybridized carbons (Fsp3) is 0.167. The van der Waals surface area contributed by atoms with E-state index in [1.54, 1.807) is 18.2 Å². The summed E-state index contributed by atoms with van der Waals surface area (Å²) in [6.07, 6.45) is 5.28. The second-order valence-corrected chi connectivity index (χ2v) is 9.11. The topological polar surface area (TPSA) is 176 Å². The second-order valence-electron chi connectivity index (χ2n) is 9.11. The normalized spacial score (nSPS) is 11.0. The Morgan fingerprint density at radius 1 is 0.953 bits per heavy atom. The lowest BCUT2D eigenvalue weighted by Gasteiger charge is -2.05. The molecule has 0 radical (unpaired) electrons. The summed E-state index contributed by atoms with van der Waals surface area (Å²) >= 11 is 0. The first-order chi connectivity index (χ1) is 20.8. The third-order valence-electron chi connectivity index (χ3n) is 5.91. The Hall–Kier alpha value is -5.45. The molecule has 2 heterocycles. The van der Waals surface area contributed by atoms with Gasteiger partial charge in [0.05, 0.1) is 24.9 Å². The number of nitrogens with one attached hydrogen (secondary N) is 2. The van der Waals surface area contributed by atoms with Crippen LogP contribution in [0.5, 0.6) is 5.75 Å². The van der Waals surface area contributed by atoms with Crippen molar-refractivity contribution in [3.8, 4) is 17.6 Å². The zero-order chi connectivity index (χ0) is 30.8. The molecule has 13 heteroatoms. The summed E-state index contributed by atoms with van der Waals surface area (Å²) in [6.45, 7) is 2.07. The van der Waals surface area contributed by atoms with Gasteiger partial charge in [-0.3, -0.25) is 14.4 Å². The van der Waals surface area contributed by atoms with Gasteiger partial charge < -0.3 is 23.6 Å². The molecule has 0 spiro atoms. The minimum absolute atomic E-state index is 0.0291. The highest BCUT2D eigenvalue weighted by Gasteiger charge is 2.14. The molecule has 2 amide bonds. The predicted octanol–water partition coefficient (Wildman–Crippen LogP) is 2.14. The van der Waals surface area contributed by atoms with Gasteiger partial charge in [-0.1, -0.05) is 31.4 Å². The molecule has 4 aromatic rings. The maximum Gasteiger partial charge on any atom is 0.488 e. The van der Waals surface area contributed by atoms with Gasteiger partial charge in [-0.15, -0.1) is 0 Å². The average molecular weight is 582 g/mol. The predicted molar refractivity (Wildman–Crippen MR) is 161 cm³/mol. The molecule has 0 aliphatic heterocycles. The van der Waals surface area contributed by atoms with Crippen molar-refractivity contribution >= 4 is 47.8 Å². The van der Waals surface area contributed by atoms with Gasteiger partial charge in [0.25, 0.3) is 0 Å². The summed E-state index contributed by atoms with van der Waals surface area (Å²) in [4.78, 5) is 37.3. The Labute approximate surface area is 246 Å². The summed E-state index contributed by atoms with van der Waals surface area (Å²) in [5.74, 6) is 5.05. The van der Waals surface area contributed by atoms with Crippen LogP contribution < -0.4 is 26.5 Å². The lowest BCUT2D eigenvalue weighted by Crippen LogP contribution is -2.30. The molecule has 0 fully saturated rings. The van der Waals surface area contributed by atoms with Gasteiger partial charge in [0, 0.05) is 18.6 Å². The molecule has 0 saturated heterocycles. The SMILES string of the molecule is CCCCC#Cc1ccc(C(=O)N/N=C/c2cc(/C=N/NC(=O)c3cc(=O)c4ccc(OC)cc4o3)cc(B(O)O)c2)o1. The van der Waals surface area contributed by atoms with E-state index >= 15 is 0 Å². The molecule has 218 valence electrons. The van der Waals surface area contributed by atoms with Crippen molar-refractivity contribution < 1.29 is 33.2 Å². The molecule has 0 aliphatic rings. The quantitative estimate of drug-likeness (QED) is 0.0723. The molecule has 12 nitrogen and oxygen atoms in total. The van der Waals surface area contributed by atoms with Crippen molar-refractivity contribution in [1.82, 2.24) is 10.9 Å². The van der Waals surface area contributed by atoms with E-state index in [2.05, 4.69) is 39.8 Å². The minimum Gasteiger partial charge on any atom is -0.497 e. The molecule has 0 atom stereocenters. The molecule has 2 aromatic carbocycles. The number of methoxy groups -OCH3 is 1. The van der Waals surface area contributed by atoms with Crippen LogP contribution in [0.1, 0.15) is 64.2 Å². The number of fused-ring (bicyclic) bond motifs is 1. The van der Waals surface area contributed by atoms with Gasteiger partial charge in [-0.25, -0.2) is 10.9 Å². The molecular formula is C30H27BN4O8. The maximum absolute atomic E-state index is 12.6. The summed E-state index contributed by atoms with van der Waals surface area (Å²) in [7, 11) is -0.348. The van der Waals surface area contributed by atoms with E-state index in [9.17, 15) is 24.4 Å². The van der Waals surface area contributed by atoms with E-state index in [0.29, 0.717) is 22.6 Å². The number of benzene rings is 2. The highest BCUT2D eigenvalue weighted by Crippen LogP contribution is 2.19. The van der Waals surface area contributed by atoms with Crippen molar-refractivity contribution in [3.05, 3.63) is 93.2 Å². The summed E-state index contributed by atoms with van der Waals surface area (Å²) in [5.41, 5.74) is 5.21. The second kappa shape index (κ2) is 14.4. The fourth-order valence-electron chi connectivity index (χ4n) is 3.76. The van der Waals surface area contributed by atoms with Gasteiger partial charge in [0.1, 0.15) is 11.3 Å². The molecule has 0 bridgehead atoms. The van der Waals surface area contributed by atoms with Crippen molar-refractivity contribution in [2.45, 2.75) is 26.2 Å². The highest BCUT2D eigenvalue weighted by atomic mass is 16.5. The van der Waals surface area contributed by atoms with Crippen molar-refractivity contribution in [2.75, 3.05) is 7.11 Å². The van der Waals surface area contributed by atoms with Crippen LogP contribution in [-0.2, 0) is 0 Å². The van der Waals surface area contributed by atoms with Crippen molar-refractivity contribution in [3.63, 3.8) is 0 Å². The average Bonchev–Trinajstić information content (AvgIpc) is 3.48. The van der Waals surface area contributed by atoms with Gasteiger partial charge in [0.15, 0.2) is 22.7 Å². The van der Waals surface area contributed by atoms with Crippen LogP contribution in [0.2, 0.25) is 0 Å². The summed E-state index contributed by atoms with van der Waals surface area (Å²) < 4.78 is 16.1. The van der Waals surface area contributed by atoms with Crippen LogP contribution in [0.25, 0.3) is 11.0 Å². The third kappa shape index (κ3) is 8.29. The van der Waals surface area contributed by atoms with Crippen LogP contribution in [-0.4, -0.2) is 48.5 Å². The monoisotopic (exact) mass is 582 g/mol. The van der Waals surface area contributed by atoms with Crippen molar-refractivity contribution in [2.24, 2.45) is 10.2 Å². The fourth-order valence-corrected chi connectivity index (χ4v) is 3.76. The standard InChI is InChI=1S/C30H27BN4O8/c1-3-4-5-6-7-22-9-11-26(42-22)29(37)34-32-17-19-12-20(14-21(13-19)31(39)40)18-33-35-30(38)28-16-25(36)24-10-8-23(41-2)15-27(24)43-28/h8-18,39-40H,3-5H2,1-2H3,(H,34,37)(H,35,38)/b32-17+,33-18+. The summed E-state index contributed by atoms with van der Waals surface area (Å²) in [5, 5.41) is 27.4. The minimum atomic E-state index is -1.81. The van der Waals surface area contributed by atoms with E-state index in [-0.39, 0.29) is 28.0 Å². The molecule has 4 N–H and O–H groups in total. The third-order valence-corrected chi connectivity index (χ3v) is 5.91. The van der Waals surface area contributed by atoms with Gasteiger partial charge >= 0.3 is 18.9 Å². The van der Waals surface area contributed by atoms with Crippen LogP contribution in [0.4, 0.5) is 0 Å². The van der Waals surface area contributed by atoms with Crippen LogP contribution in [0.3, 0.4) is 0 Å². The first kappa shape index (κ1) is 30.5. The molecule has 0 aliphatic carbocycles. The lowest BCUT2D eigenvalue weighted by molar-refractivity contribution is 0.0920. The van der Waals surface area contributed by atoms with Crippen LogP contribution in [0, 0.1) is 11.8 Å². The van der Waals surface area contributed by atoms with E-state index < -0.39 is 24.4 Å². The zero-order valence-electron chi connectivity index (χ0n) is 23.3. The first-order valence-corrected chi connectivity index (χ1v) is 13.2. The number of carbonyl (C=O) groups excluding carboxylic acids is 2. The molecular weight excluding hydrogens is 555 g/mol. The highest BCUT2D eigenvalue weighted by molar-refractivity contribution is 6.58. The number of hydrogen-bond acceptors (Lipinski definition) is 10. The molecule has 0 unspecified atom stereocenters. The zero-order valence-corrected chi connectivity index (χ0v) is 23.3. The Morgan fingerprint density at radius 2 is 1.65 bits per heavy atom. The largest absolute Gasteiger partial charge is 0.497 e. The number of ether oxygens (including phenoxy) is 1. The van der Waals surface area contributed by atoms with Crippen LogP contribution in [0.15, 0.2) is 78.4 Å². The smallest absolute Gasteiger partial charge is 0.488 e. The van der Waals surface area contributed by atoms with Gasteiger partial charge in [-0.05, 0) is 59.3 Å². The van der Waals surface area contributed by atoms with Gasteiger partial charge in [-0.2, -0.15) is 10.2 Å².